The lowest BCUT2D eigenvalue weighted by molar-refractivity contribution is 0.228. The van der Waals surface area contributed by atoms with Crippen molar-refractivity contribution in [1.29, 1.82) is 0 Å². The largest absolute Gasteiger partial charge is 0.329 e. The van der Waals surface area contributed by atoms with Gasteiger partial charge in [-0.2, -0.15) is 5.10 Å². The number of amides is 2. The van der Waals surface area contributed by atoms with Crippen molar-refractivity contribution in [2.24, 2.45) is 0 Å². The predicted octanol–water partition coefficient (Wildman–Crippen LogP) is 2.89. The van der Waals surface area contributed by atoms with Crippen molar-refractivity contribution < 1.29 is 4.79 Å². The molecule has 0 saturated heterocycles. The highest BCUT2D eigenvalue weighted by atomic mass is 32.1. The average Bonchev–Trinajstić information content (AvgIpc) is 3.19. The van der Waals surface area contributed by atoms with Gasteiger partial charge in [-0.05, 0) is 26.2 Å². The van der Waals surface area contributed by atoms with Gasteiger partial charge in [-0.15, -0.1) is 11.3 Å². The van der Waals surface area contributed by atoms with Gasteiger partial charge in [0.15, 0.2) is 5.82 Å². The standard InChI is InChI=1S/C16H24N6OS/c1-4-11(15-17-9-10(3)24-15)18-16(23)19-12-7-6-8-22-14(12)20-13(5-2)21-22/h9,11-12H,4-8H2,1-3H3,(H2,18,19,23)/t11-,12+/m1/s1. The molecule has 0 aromatic carbocycles. The molecule has 2 N–H and O–H groups in total. The Bertz CT molecular complexity index is 709. The Balaban J connectivity index is 1.66. The summed E-state index contributed by atoms with van der Waals surface area (Å²) in [7, 11) is 0. The highest BCUT2D eigenvalue weighted by Gasteiger charge is 2.26. The van der Waals surface area contributed by atoms with Crippen molar-refractivity contribution in [2.45, 2.75) is 65.1 Å². The van der Waals surface area contributed by atoms with Gasteiger partial charge in [0.25, 0.3) is 0 Å². The maximum Gasteiger partial charge on any atom is 0.315 e. The number of carbonyl (C=O) groups is 1. The monoisotopic (exact) mass is 348 g/mol. The third kappa shape index (κ3) is 3.58. The molecule has 0 fully saturated rings. The zero-order chi connectivity index (χ0) is 17.1. The molecule has 0 aliphatic carbocycles. The zero-order valence-electron chi connectivity index (χ0n) is 14.4. The van der Waals surface area contributed by atoms with E-state index in [4.69, 9.17) is 0 Å². The number of fused-ring (bicyclic) bond motifs is 1. The summed E-state index contributed by atoms with van der Waals surface area (Å²) in [5, 5.41) is 11.5. The van der Waals surface area contributed by atoms with Gasteiger partial charge in [-0.1, -0.05) is 13.8 Å². The fourth-order valence-corrected chi connectivity index (χ4v) is 3.82. The number of hydrogen-bond acceptors (Lipinski definition) is 5. The molecule has 0 saturated carbocycles. The Hall–Kier alpha value is -1.96. The topological polar surface area (TPSA) is 84.7 Å². The summed E-state index contributed by atoms with van der Waals surface area (Å²) in [6, 6.07) is -0.312. The van der Waals surface area contributed by atoms with Gasteiger partial charge in [0.1, 0.15) is 10.8 Å². The molecule has 7 nitrogen and oxygen atoms in total. The summed E-state index contributed by atoms with van der Waals surface area (Å²) in [6.45, 7) is 6.98. The number of urea groups is 1. The zero-order valence-corrected chi connectivity index (χ0v) is 15.2. The van der Waals surface area contributed by atoms with E-state index in [2.05, 4.69) is 25.7 Å². The number of carbonyl (C=O) groups excluding carboxylic acids is 1. The first-order valence-electron chi connectivity index (χ1n) is 8.53. The molecular formula is C16H24N6OS. The van der Waals surface area contributed by atoms with E-state index in [1.807, 2.05) is 31.6 Å². The molecule has 2 aromatic rings. The van der Waals surface area contributed by atoms with Crippen molar-refractivity contribution in [2.75, 3.05) is 0 Å². The Kier molecular flexibility index (Phi) is 5.13. The number of aryl methyl sites for hydroxylation is 3. The molecule has 1 aliphatic heterocycles. The number of hydrogen-bond donors (Lipinski definition) is 2. The van der Waals surface area contributed by atoms with Crippen LogP contribution in [0.3, 0.4) is 0 Å². The van der Waals surface area contributed by atoms with Gasteiger partial charge in [-0.3, -0.25) is 0 Å². The molecule has 24 heavy (non-hydrogen) atoms. The quantitative estimate of drug-likeness (QED) is 0.870. The summed E-state index contributed by atoms with van der Waals surface area (Å²) in [6.07, 6.45) is 5.34. The first-order valence-corrected chi connectivity index (χ1v) is 9.35. The molecule has 130 valence electrons. The van der Waals surface area contributed by atoms with Crippen LogP contribution in [0, 0.1) is 6.92 Å². The van der Waals surface area contributed by atoms with Crippen LogP contribution in [0.5, 0.6) is 0 Å². The van der Waals surface area contributed by atoms with E-state index in [9.17, 15) is 4.79 Å². The molecule has 0 bridgehead atoms. The van der Waals surface area contributed by atoms with Gasteiger partial charge in [-0.25, -0.2) is 19.4 Å². The third-order valence-electron chi connectivity index (χ3n) is 4.19. The van der Waals surface area contributed by atoms with Crippen molar-refractivity contribution in [3.63, 3.8) is 0 Å². The van der Waals surface area contributed by atoms with Crippen LogP contribution >= 0.6 is 11.3 Å². The second kappa shape index (κ2) is 7.29. The summed E-state index contributed by atoms with van der Waals surface area (Å²) in [4.78, 5) is 22.5. The first-order chi connectivity index (χ1) is 11.6. The highest BCUT2D eigenvalue weighted by molar-refractivity contribution is 7.11. The van der Waals surface area contributed by atoms with E-state index in [-0.39, 0.29) is 18.1 Å². The van der Waals surface area contributed by atoms with Crippen LogP contribution in [-0.2, 0) is 13.0 Å². The Morgan fingerprint density at radius 1 is 1.50 bits per heavy atom. The average molecular weight is 348 g/mol. The number of nitrogens with one attached hydrogen (secondary N) is 2. The van der Waals surface area contributed by atoms with Crippen LogP contribution in [0.15, 0.2) is 6.20 Å². The second-order valence-electron chi connectivity index (χ2n) is 6.05. The fraction of sp³-hybridized carbons (Fsp3) is 0.625. The maximum absolute atomic E-state index is 12.4. The highest BCUT2D eigenvalue weighted by Crippen LogP contribution is 2.24. The predicted molar refractivity (Wildman–Crippen MR) is 92.9 cm³/mol. The van der Waals surface area contributed by atoms with Gasteiger partial charge in [0, 0.05) is 24.0 Å². The van der Waals surface area contributed by atoms with Gasteiger partial charge in [0.05, 0.1) is 12.1 Å². The van der Waals surface area contributed by atoms with E-state index >= 15 is 0 Å². The third-order valence-corrected chi connectivity index (χ3v) is 5.22. The summed E-state index contributed by atoms with van der Waals surface area (Å²) in [5.41, 5.74) is 0. The van der Waals surface area contributed by atoms with E-state index < -0.39 is 0 Å². The van der Waals surface area contributed by atoms with Gasteiger partial charge in [0.2, 0.25) is 0 Å². The van der Waals surface area contributed by atoms with Crippen LogP contribution < -0.4 is 10.6 Å². The Morgan fingerprint density at radius 2 is 2.33 bits per heavy atom. The molecule has 0 spiro atoms. The lowest BCUT2D eigenvalue weighted by atomic mass is 10.1. The molecule has 3 heterocycles. The van der Waals surface area contributed by atoms with Crippen LogP contribution in [0.25, 0.3) is 0 Å². The minimum Gasteiger partial charge on any atom is -0.329 e. The summed E-state index contributed by atoms with van der Waals surface area (Å²) in [5.74, 6) is 1.70. The summed E-state index contributed by atoms with van der Waals surface area (Å²) >= 11 is 1.62. The van der Waals surface area contributed by atoms with Gasteiger partial charge < -0.3 is 10.6 Å². The summed E-state index contributed by atoms with van der Waals surface area (Å²) < 4.78 is 1.93. The molecule has 1 aliphatic rings. The molecule has 3 rings (SSSR count). The fourth-order valence-electron chi connectivity index (χ4n) is 2.92. The molecule has 2 atom stereocenters. The smallest absolute Gasteiger partial charge is 0.315 e. The maximum atomic E-state index is 12.4. The van der Waals surface area contributed by atoms with Crippen molar-refractivity contribution in [3.05, 3.63) is 27.7 Å². The van der Waals surface area contributed by atoms with Crippen LogP contribution in [0.2, 0.25) is 0 Å². The Morgan fingerprint density at radius 3 is 3.00 bits per heavy atom. The van der Waals surface area contributed by atoms with Gasteiger partial charge >= 0.3 is 6.03 Å². The Labute approximate surface area is 145 Å². The van der Waals surface area contributed by atoms with E-state index in [0.29, 0.717) is 0 Å². The molecule has 8 heteroatoms. The first kappa shape index (κ1) is 16.9. The molecule has 0 unspecified atom stereocenters. The normalized spacial score (nSPS) is 18.0. The minimum atomic E-state index is -0.172. The molecule has 2 amide bonds. The van der Waals surface area contributed by atoms with E-state index in [1.54, 1.807) is 11.3 Å². The number of nitrogens with zero attached hydrogens (tertiary/aromatic N) is 4. The van der Waals surface area contributed by atoms with Crippen molar-refractivity contribution >= 4 is 17.4 Å². The van der Waals surface area contributed by atoms with E-state index in [1.165, 1.54) is 0 Å². The number of aromatic nitrogens is 4. The molecular weight excluding hydrogens is 324 g/mol. The van der Waals surface area contributed by atoms with Crippen molar-refractivity contribution in [3.8, 4) is 0 Å². The van der Waals surface area contributed by atoms with Crippen molar-refractivity contribution in [1.82, 2.24) is 30.4 Å². The van der Waals surface area contributed by atoms with Crippen LogP contribution in [0.4, 0.5) is 4.79 Å². The second-order valence-corrected chi connectivity index (χ2v) is 7.31. The van der Waals surface area contributed by atoms with E-state index in [0.717, 1.165) is 53.8 Å². The lowest BCUT2D eigenvalue weighted by Crippen LogP contribution is -2.41. The lowest BCUT2D eigenvalue weighted by Gasteiger charge is -2.24. The number of rotatable bonds is 5. The number of thiazole rings is 1. The molecule has 2 aromatic heterocycles. The molecule has 0 radical (unpaired) electrons. The van der Waals surface area contributed by atoms with Crippen LogP contribution in [0.1, 0.15) is 66.7 Å². The van der Waals surface area contributed by atoms with Crippen LogP contribution in [-0.4, -0.2) is 25.8 Å². The minimum absolute atomic E-state index is 0.0589. The SMILES string of the molecule is CCc1nc2n(n1)CCC[C@@H]2NC(=O)N[C@H](CC)c1ncc(C)s1.